The zero-order valence-corrected chi connectivity index (χ0v) is 13.0. The molecule has 1 aliphatic rings. The van der Waals surface area contributed by atoms with Gasteiger partial charge in [0.05, 0.1) is 7.11 Å². The van der Waals surface area contributed by atoms with Gasteiger partial charge < -0.3 is 14.5 Å². The number of carbonyl (C=O) groups excluding carboxylic acids is 1. The topological polar surface area (TPSA) is 77.2 Å². The second-order valence-corrected chi connectivity index (χ2v) is 6.28. The van der Waals surface area contributed by atoms with Crippen LogP contribution in [0.4, 0.5) is 0 Å². The lowest BCUT2D eigenvalue weighted by Gasteiger charge is -2.38. The summed E-state index contributed by atoms with van der Waals surface area (Å²) in [6.45, 7) is 4.52. The van der Waals surface area contributed by atoms with E-state index < -0.39 is 5.54 Å². The third-order valence-corrected chi connectivity index (χ3v) is 4.67. The molecule has 2 rings (SSSR count). The first-order chi connectivity index (χ1) is 9.59. The van der Waals surface area contributed by atoms with Crippen molar-refractivity contribution in [1.29, 1.82) is 0 Å². The van der Waals surface area contributed by atoms with Crippen LogP contribution in [0.1, 0.15) is 38.5 Å². The maximum Gasteiger partial charge on any atom is 0.326 e. The third kappa shape index (κ3) is 3.32. The predicted molar refractivity (Wildman–Crippen MR) is 75.6 cm³/mol. The highest BCUT2D eigenvalue weighted by Crippen LogP contribution is 2.38. The Morgan fingerprint density at radius 3 is 3.00 bits per heavy atom. The van der Waals surface area contributed by atoms with Crippen LogP contribution in [0.3, 0.4) is 0 Å². The summed E-state index contributed by atoms with van der Waals surface area (Å²) in [6, 6.07) is 0. The van der Waals surface area contributed by atoms with E-state index in [1.54, 1.807) is 18.7 Å². The van der Waals surface area contributed by atoms with Crippen LogP contribution < -0.4 is 5.32 Å². The number of carbonyl (C=O) groups is 1. The Morgan fingerprint density at radius 2 is 2.40 bits per heavy atom. The summed E-state index contributed by atoms with van der Waals surface area (Å²) in [5, 5.41) is 12.0. The average molecular weight is 299 g/mol. The van der Waals surface area contributed by atoms with E-state index in [4.69, 9.17) is 9.15 Å². The first-order valence-corrected chi connectivity index (χ1v) is 7.78. The summed E-state index contributed by atoms with van der Waals surface area (Å²) in [6.07, 6.45) is 3.55. The zero-order valence-electron chi connectivity index (χ0n) is 12.1. The second kappa shape index (κ2) is 6.58. The number of aromatic nitrogens is 2. The van der Waals surface area contributed by atoms with E-state index in [0.29, 0.717) is 11.1 Å². The van der Waals surface area contributed by atoms with Gasteiger partial charge in [-0.05, 0) is 32.2 Å². The van der Waals surface area contributed by atoms with Gasteiger partial charge in [-0.15, -0.1) is 10.2 Å². The number of hydrogen-bond donors (Lipinski definition) is 1. The maximum absolute atomic E-state index is 12.1. The molecule has 1 aliphatic carbocycles. The van der Waals surface area contributed by atoms with Crippen LogP contribution in [0.25, 0.3) is 0 Å². The fourth-order valence-corrected chi connectivity index (χ4v) is 3.94. The molecule has 2 atom stereocenters. The van der Waals surface area contributed by atoms with Crippen LogP contribution in [0.15, 0.2) is 9.64 Å². The Labute approximate surface area is 123 Å². The van der Waals surface area contributed by atoms with E-state index in [1.807, 2.05) is 6.92 Å². The Balaban J connectivity index is 2.07. The molecule has 1 aromatic heterocycles. The highest BCUT2D eigenvalue weighted by atomic mass is 32.2. The van der Waals surface area contributed by atoms with Crippen molar-refractivity contribution in [2.75, 3.05) is 13.7 Å². The zero-order chi connectivity index (χ0) is 14.6. The fraction of sp³-hybridized carbons (Fsp3) is 0.769. The number of ether oxygens (including phenoxy) is 1. The molecular weight excluding hydrogens is 278 g/mol. The van der Waals surface area contributed by atoms with Gasteiger partial charge in [0.1, 0.15) is 5.54 Å². The lowest BCUT2D eigenvalue weighted by Crippen LogP contribution is -2.55. The van der Waals surface area contributed by atoms with Gasteiger partial charge in [0, 0.05) is 12.2 Å². The molecule has 0 aliphatic heterocycles. The molecule has 0 radical (unpaired) electrons. The summed E-state index contributed by atoms with van der Waals surface area (Å²) < 4.78 is 10.4. The van der Waals surface area contributed by atoms with Crippen molar-refractivity contribution in [3.05, 3.63) is 5.89 Å². The summed E-state index contributed by atoms with van der Waals surface area (Å²) >= 11 is 1.55. The lowest BCUT2D eigenvalue weighted by molar-refractivity contribution is -0.150. The molecule has 112 valence electrons. The van der Waals surface area contributed by atoms with Crippen molar-refractivity contribution in [3.8, 4) is 0 Å². The smallest absolute Gasteiger partial charge is 0.326 e. The van der Waals surface area contributed by atoms with E-state index in [0.717, 1.165) is 32.2 Å². The van der Waals surface area contributed by atoms with Crippen molar-refractivity contribution in [1.82, 2.24) is 15.5 Å². The monoisotopic (exact) mass is 299 g/mol. The van der Waals surface area contributed by atoms with Crippen LogP contribution in [0.2, 0.25) is 0 Å². The fourth-order valence-electron chi connectivity index (χ4n) is 2.75. The Hall–Kier alpha value is -1.08. The van der Waals surface area contributed by atoms with E-state index in [9.17, 15) is 4.79 Å². The van der Waals surface area contributed by atoms with Gasteiger partial charge >= 0.3 is 5.97 Å². The number of likely N-dealkylation sites (N-methyl/N-ethyl adjacent to an activating group) is 1. The lowest BCUT2D eigenvalue weighted by atomic mass is 9.81. The van der Waals surface area contributed by atoms with Crippen LogP contribution in [-0.2, 0) is 9.53 Å². The summed E-state index contributed by atoms with van der Waals surface area (Å²) in [7, 11) is 1.44. The van der Waals surface area contributed by atoms with Crippen molar-refractivity contribution >= 4 is 17.7 Å². The number of methoxy groups -OCH3 is 1. The molecule has 2 unspecified atom stereocenters. The standard InChI is InChI=1S/C13H21N3O3S/c1-4-14-13(11(17)18-3)7-5-6-10(8-13)20-12-16-15-9(2)19-12/h10,14H,4-8H2,1-3H3. The van der Waals surface area contributed by atoms with Crippen molar-refractivity contribution in [2.45, 2.75) is 55.5 Å². The van der Waals surface area contributed by atoms with Crippen molar-refractivity contribution < 1.29 is 13.9 Å². The first kappa shape index (κ1) is 15.3. The van der Waals surface area contributed by atoms with Gasteiger partial charge in [0.25, 0.3) is 5.22 Å². The van der Waals surface area contributed by atoms with Crippen LogP contribution in [0, 0.1) is 6.92 Å². The molecule has 1 fully saturated rings. The van der Waals surface area contributed by atoms with Crippen molar-refractivity contribution in [3.63, 3.8) is 0 Å². The van der Waals surface area contributed by atoms with Gasteiger partial charge in [-0.25, -0.2) is 0 Å². The molecule has 0 bridgehead atoms. The van der Waals surface area contributed by atoms with Gasteiger partial charge in [0.15, 0.2) is 0 Å². The largest absolute Gasteiger partial charge is 0.468 e. The summed E-state index contributed by atoms with van der Waals surface area (Å²) in [5.74, 6) is 0.389. The van der Waals surface area contributed by atoms with Crippen LogP contribution >= 0.6 is 11.8 Å². The quantitative estimate of drug-likeness (QED) is 0.832. The number of nitrogens with one attached hydrogen (secondary N) is 1. The number of rotatable bonds is 5. The molecule has 1 N–H and O–H groups in total. The summed E-state index contributed by atoms with van der Waals surface area (Å²) in [5.41, 5.74) is -0.575. The predicted octanol–water partition coefficient (Wildman–Crippen LogP) is 1.93. The minimum atomic E-state index is -0.575. The molecule has 1 saturated carbocycles. The number of aryl methyl sites for hydroxylation is 1. The van der Waals surface area contributed by atoms with Gasteiger partial charge in [-0.1, -0.05) is 18.7 Å². The number of hydrogen-bond acceptors (Lipinski definition) is 7. The maximum atomic E-state index is 12.1. The van der Waals surface area contributed by atoms with Crippen LogP contribution in [0.5, 0.6) is 0 Å². The molecular formula is C13H21N3O3S. The van der Waals surface area contributed by atoms with Crippen molar-refractivity contribution in [2.24, 2.45) is 0 Å². The SMILES string of the molecule is CCNC1(C(=O)OC)CCCC(Sc2nnc(C)o2)C1. The molecule has 0 spiro atoms. The van der Waals surface area contributed by atoms with Gasteiger partial charge in [-0.2, -0.15) is 0 Å². The number of nitrogens with zero attached hydrogens (tertiary/aromatic N) is 2. The third-order valence-electron chi connectivity index (χ3n) is 3.57. The first-order valence-electron chi connectivity index (χ1n) is 6.90. The van der Waals surface area contributed by atoms with Gasteiger partial charge in [-0.3, -0.25) is 4.79 Å². The molecule has 7 heteroatoms. The van der Waals surface area contributed by atoms with E-state index >= 15 is 0 Å². The molecule has 6 nitrogen and oxygen atoms in total. The molecule has 0 saturated heterocycles. The highest BCUT2D eigenvalue weighted by molar-refractivity contribution is 7.99. The second-order valence-electron chi connectivity index (χ2n) is 5.03. The Morgan fingerprint density at radius 1 is 1.60 bits per heavy atom. The van der Waals surface area contributed by atoms with E-state index in [-0.39, 0.29) is 11.2 Å². The van der Waals surface area contributed by atoms with E-state index in [2.05, 4.69) is 15.5 Å². The molecule has 1 heterocycles. The minimum Gasteiger partial charge on any atom is -0.468 e. The molecule has 20 heavy (non-hydrogen) atoms. The van der Waals surface area contributed by atoms with Crippen LogP contribution in [-0.4, -0.2) is 40.6 Å². The van der Waals surface area contributed by atoms with E-state index in [1.165, 1.54) is 7.11 Å². The Bertz CT molecular complexity index is 461. The summed E-state index contributed by atoms with van der Waals surface area (Å²) in [4.78, 5) is 12.1. The minimum absolute atomic E-state index is 0.175. The molecule has 1 aromatic rings. The molecule has 0 amide bonds. The Kier molecular flexibility index (Phi) is 5.04. The highest BCUT2D eigenvalue weighted by Gasteiger charge is 2.43. The number of thioether (sulfide) groups is 1. The normalized spacial score (nSPS) is 26.4. The molecule has 0 aromatic carbocycles. The number of esters is 1. The average Bonchev–Trinajstić information content (AvgIpc) is 2.84. The van der Waals surface area contributed by atoms with Gasteiger partial charge in [0.2, 0.25) is 5.89 Å².